The summed E-state index contributed by atoms with van der Waals surface area (Å²) in [5, 5.41) is 9.55. The van der Waals surface area contributed by atoms with Crippen LogP contribution in [0.25, 0.3) is 0 Å². The Morgan fingerprint density at radius 1 is 0.682 bits per heavy atom. The van der Waals surface area contributed by atoms with E-state index in [2.05, 4.69) is 13.8 Å². The summed E-state index contributed by atoms with van der Waals surface area (Å²) in [6, 6.07) is 0. The topological polar surface area (TPSA) is 37.3 Å². The third-order valence-corrected chi connectivity index (χ3v) is 4.93. The van der Waals surface area contributed by atoms with Gasteiger partial charge in [0.1, 0.15) is 0 Å². The summed E-state index contributed by atoms with van der Waals surface area (Å²) in [4.78, 5) is 11.6. The molecule has 0 aromatic carbocycles. The Hall–Kier alpha value is -0.530. The Labute approximate surface area is 139 Å². The highest BCUT2D eigenvalue weighted by Gasteiger charge is 2.31. The van der Waals surface area contributed by atoms with Crippen LogP contribution in [-0.4, -0.2) is 11.1 Å². The van der Waals surface area contributed by atoms with Gasteiger partial charge >= 0.3 is 5.97 Å². The molecule has 0 radical (unpaired) electrons. The summed E-state index contributed by atoms with van der Waals surface area (Å²) in [5.41, 5.74) is -0.492. The van der Waals surface area contributed by atoms with Gasteiger partial charge in [0.15, 0.2) is 0 Å². The van der Waals surface area contributed by atoms with E-state index in [1.165, 1.54) is 70.6 Å². The number of carbonyl (C=O) groups is 1. The second kappa shape index (κ2) is 14.1. The van der Waals surface area contributed by atoms with Crippen molar-refractivity contribution < 1.29 is 9.90 Å². The minimum absolute atomic E-state index is 0.492. The van der Waals surface area contributed by atoms with E-state index in [1.807, 2.05) is 6.92 Å². The van der Waals surface area contributed by atoms with Crippen molar-refractivity contribution in [3.63, 3.8) is 0 Å². The van der Waals surface area contributed by atoms with Gasteiger partial charge in [-0.3, -0.25) is 4.79 Å². The summed E-state index contributed by atoms with van der Waals surface area (Å²) in [6.07, 6.45) is 17.9. The van der Waals surface area contributed by atoms with E-state index >= 15 is 0 Å². The molecule has 1 unspecified atom stereocenters. The lowest BCUT2D eigenvalue weighted by atomic mass is 9.80. The molecule has 0 spiro atoms. The van der Waals surface area contributed by atoms with Crippen molar-refractivity contribution in [2.45, 2.75) is 117 Å². The molecule has 2 nitrogen and oxygen atoms in total. The molecule has 22 heavy (non-hydrogen) atoms. The van der Waals surface area contributed by atoms with E-state index in [9.17, 15) is 9.90 Å². The summed E-state index contributed by atoms with van der Waals surface area (Å²) in [6.45, 7) is 6.42. The van der Waals surface area contributed by atoms with Crippen LogP contribution < -0.4 is 0 Å². The van der Waals surface area contributed by atoms with Gasteiger partial charge < -0.3 is 5.11 Å². The molecule has 0 rings (SSSR count). The van der Waals surface area contributed by atoms with Gasteiger partial charge in [0.25, 0.3) is 0 Å². The fraction of sp³-hybridized carbons (Fsp3) is 0.950. The van der Waals surface area contributed by atoms with Crippen LogP contribution in [0.15, 0.2) is 0 Å². The molecule has 0 saturated carbocycles. The number of hydrogen-bond acceptors (Lipinski definition) is 1. The normalized spacial score (nSPS) is 14.0. The first kappa shape index (κ1) is 21.5. The first-order valence-electron chi connectivity index (χ1n) is 9.80. The molecule has 0 fully saturated rings. The van der Waals surface area contributed by atoms with Crippen molar-refractivity contribution in [3.8, 4) is 0 Å². The highest BCUT2D eigenvalue weighted by molar-refractivity contribution is 5.74. The Morgan fingerprint density at radius 3 is 1.32 bits per heavy atom. The van der Waals surface area contributed by atoms with Gasteiger partial charge in [0.2, 0.25) is 0 Å². The Morgan fingerprint density at radius 2 is 1.00 bits per heavy atom. The Kier molecular flexibility index (Phi) is 13.7. The molecule has 1 atom stereocenters. The van der Waals surface area contributed by atoms with Crippen molar-refractivity contribution in [2.24, 2.45) is 5.41 Å². The summed E-state index contributed by atoms with van der Waals surface area (Å²) in [5.74, 6) is -0.591. The first-order chi connectivity index (χ1) is 10.6. The van der Waals surface area contributed by atoms with Gasteiger partial charge in [-0.15, -0.1) is 0 Å². The lowest BCUT2D eigenvalue weighted by molar-refractivity contribution is -0.149. The monoisotopic (exact) mass is 312 g/mol. The summed E-state index contributed by atoms with van der Waals surface area (Å²) < 4.78 is 0. The van der Waals surface area contributed by atoms with Crippen molar-refractivity contribution in [1.82, 2.24) is 0 Å². The lowest BCUT2D eigenvalue weighted by Crippen LogP contribution is -2.27. The molecule has 0 amide bonds. The van der Waals surface area contributed by atoms with Gasteiger partial charge in [0.05, 0.1) is 5.41 Å². The van der Waals surface area contributed by atoms with Crippen LogP contribution in [0.3, 0.4) is 0 Å². The van der Waals surface area contributed by atoms with E-state index < -0.39 is 11.4 Å². The molecule has 0 aliphatic heterocycles. The molecule has 0 saturated heterocycles. The predicted molar refractivity (Wildman–Crippen MR) is 96.3 cm³/mol. The predicted octanol–water partition coefficient (Wildman–Crippen LogP) is 6.97. The number of hydrogen-bond donors (Lipinski definition) is 1. The molecule has 2 heteroatoms. The number of carboxylic acid groups (broad SMARTS) is 1. The molecule has 0 aliphatic rings. The molecule has 0 aromatic heterocycles. The van der Waals surface area contributed by atoms with Gasteiger partial charge in [-0.25, -0.2) is 0 Å². The molecule has 1 N–H and O–H groups in total. The number of rotatable bonds is 16. The smallest absolute Gasteiger partial charge is 0.309 e. The average molecular weight is 313 g/mol. The zero-order valence-electron chi connectivity index (χ0n) is 15.5. The largest absolute Gasteiger partial charge is 0.481 e. The molecule has 0 bridgehead atoms. The maximum Gasteiger partial charge on any atom is 0.309 e. The molecular weight excluding hydrogens is 272 g/mol. The number of unbranched alkanes of at least 4 members (excludes halogenated alkanes) is 11. The van der Waals surface area contributed by atoms with Gasteiger partial charge in [-0.1, -0.05) is 97.3 Å². The lowest BCUT2D eigenvalue weighted by Gasteiger charge is -2.24. The maximum atomic E-state index is 11.6. The minimum Gasteiger partial charge on any atom is -0.481 e. The van der Waals surface area contributed by atoms with Crippen LogP contribution in [-0.2, 0) is 4.79 Å². The highest BCUT2D eigenvalue weighted by Crippen LogP contribution is 2.31. The summed E-state index contributed by atoms with van der Waals surface area (Å²) in [7, 11) is 0. The zero-order valence-corrected chi connectivity index (χ0v) is 15.5. The Bertz CT molecular complexity index is 262. The average Bonchev–Trinajstić information content (AvgIpc) is 2.49. The van der Waals surface area contributed by atoms with Crippen molar-refractivity contribution >= 4 is 5.97 Å². The quantitative estimate of drug-likeness (QED) is 0.312. The zero-order chi connectivity index (χ0) is 16.7. The van der Waals surface area contributed by atoms with Crippen LogP contribution in [0.2, 0.25) is 0 Å². The molecule has 132 valence electrons. The van der Waals surface area contributed by atoms with Crippen LogP contribution in [0, 0.1) is 5.41 Å². The van der Waals surface area contributed by atoms with Crippen molar-refractivity contribution in [1.29, 1.82) is 0 Å². The van der Waals surface area contributed by atoms with Crippen LogP contribution in [0.1, 0.15) is 117 Å². The fourth-order valence-electron chi connectivity index (χ4n) is 3.11. The van der Waals surface area contributed by atoms with Gasteiger partial charge in [-0.05, 0) is 19.8 Å². The SMILES string of the molecule is CCCCCCCCCC(C)(CCCCCCCC)C(=O)O. The number of aliphatic carboxylic acids is 1. The molecule has 0 heterocycles. The highest BCUT2D eigenvalue weighted by atomic mass is 16.4. The van der Waals surface area contributed by atoms with Crippen molar-refractivity contribution in [2.75, 3.05) is 0 Å². The number of carboxylic acids is 1. The standard InChI is InChI=1S/C20H40O2/c1-4-6-8-10-12-14-16-18-20(3,19(21)22)17-15-13-11-9-7-5-2/h4-18H2,1-3H3,(H,21,22). The second-order valence-electron chi connectivity index (χ2n) is 7.25. The first-order valence-corrected chi connectivity index (χ1v) is 9.80. The third kappa shape index (κ3) is 11.1. The molecule has 0 aromatic rings. The van der Waals surface area contributed by atoms with E-state index in [0.29, 0.717) is 0 Å². The fourth-order valence-corrected chi connectivity index (χ4v) is 3.11. The molecular formula is C20H40O2. The minimum atomic E-state index is -0.591. The van der Waals surface area contributed by atoms with Gasteiger partial charge in [0, 0.05) is 0 Å². The third-order valence-electron chi connectivity index (χ3n) is 4.93. The van der Waals surface area contributed by atoms with Gasteiger partial charge in [-0.2, -0.15) is 0 Å². The maximum absolute atomic E-state index is 11.6. The van der Waals surface area contributed by atoms with Crippen LogP contribution in [0.5, 0.6) is 0 Å². The molecule has 0 aliphatic carbocycles. The van der Waals surface area contributed by atoms with Crippen molar-refractivity contribution in [3.05, 3.63) is 0 Å². The Balaban J connectivity index is 3.79. The van der Waals surface area contributed by atoms with Crippen LogP contribution >= 0.6 is 0 Å². The second-order valence-corrected chi connectivity index (χ2v) is 7.25. The summed E-state index contributed by atoms with van der Waals surface area (Å²) >= 11 is 0. The van der Waals surface area contributed by atoms with E-state index in [4.69, 9.17) is 0 Å². The van der Waals surface area contributed by atoms with E-state index in [1.54, 1.807) is 0 Å². The van der Waals surface area contributed by atoms with Crippen LogP contribution in [0.4, 0.5) is 0 Å². The van der Waals surface area contributed by atoms with E-state index in [-0.39, 0.29) is 0 Å². The van der Waals surface area contributed by atoms with E-state index in [0.717, 1.165) is 25.7 Å².